The molecule has 1 aliphatic rings. The third-order valence-electron chi connectivity index (χ3n) is 3.10. The molecule has 0 aromatic rings. The van der Waals surface area contributed by atoms with Crippen LogP contribution in [0, 0.1) is 5.92 Å². The van der Waals surface area contributed by atoms with Gasteiger partial charge in [0.05, 0.1) is 5.60 Å². The maximum absolute atomic E-state index is 11.6. The van der Waals surface area contributed by atoms with Gasteiger partial charge in [-0.05, 0) is 5.92 Å². The molecule has 0 bridgehead atoms. The van der Waals surface area contributed by atoms with Crippen LogP contribution < -0.4 is 5.32 Å². The van der Waals surface area contributed by atoms with E-state index in [1.807, 2.05) is 0 Å². The highest BCUT2D eigenvalue weighted by Crippen LogP contribution is 2.19. The minimum atomic E-state index is -0.904. The molecule has 1 heterocycles. The molecular formula is C12H21NO5. The summed E-state index contributed by atoms with van der Waals surface area (Å²) < 4.78 is 5.14. The van der Waals surface area contributed by atoms with Gasteiger partial charge in [0, 0.05) is 45.4 Å². The lowest BCUT2D eigenvalue weighted by Crippen LogP contribution is -2.46. The lowest BCUT2D eigenvalue weighted by molar-refractivity contribution is -0.138. The fraction of sp³-hybridized carbons (Fsp3) is 0.833. The van der Waals surface area contributed by atoms with E-state index >= 15 is 0 Å². The van der Waals surface area contributed by atoms with Gasteiger partial charge in [-0.2, -0.15) is 0 Å². The van der Waals surface area contributed by atoms with Crippen LogP contribution in [0.3, 0.4) is 0 Å². The van der Waals surface area contributed by atoms with E-state index in [-0.39, 0.29) is 31.2 Å². The van der Waals surface area contributed by atoms with Crippen LogP contribution in [-0.4, -0.2) is 47.4 Å². The number of carbonyl (C=O) groups excluding carboxylic acids is 1. The van der Waals surface area contributed by atoms with Gasteiger partial charge in [-0.3, -0.25) is 9.59 Å². The normalized spacial score (nSPS) is 20.1. The Morgan fingerprint density at radius 1 is 1.33 bits per heavy atom. The Labute approximate surface area is 106 Å². The smallest absolute Gasteiger partial charge is 0.303 e. The first-order valence-corrected chi connectivity index (χ1v) is 6.20. The van der Waals surface area contributed by atoms with Crippen molar-refractivity contribution >= 4 is 11.9 Å². The number of nitrogens with one attached hydrogen (secondary N) is 1. The molecule has 3 N–H and O–H groups in total. The quantitative estimate of drug-likeness (QED) is 0.631. The molecule has 6 nitrogen and oxygen atoms in total. The predicted molar refractivity (Wildman–Crippen MR) is 64.0 cm³/mol. The zero-order valence-corrected chi connectivity index (χ0v) is 10.6. The van der Waals surface area contributed by atoms with E-state index in [4.69, 9.17) is 9.84 Å². The highest BCUT2D eigenvalue weighted by atomic mass is 16.5. The van der Waals surface area contributed by atoms with E-state index in [0.717, 1.165) is 0 Å². The topological polar surface area (TPSA) is 95.9 Å². The summed E-state index contributed by atoms with van der Waals surface area (Å²) in [5, 5.41) is 21.4. The summed E-state index contributed by atoms with van der Waals surface area (Å²) in [5.74, 6) is -1.33. The molecule has 18 heavy (non-hydrogen) atoms. The summed E-state index contributed by atoms with van der Waals surface area (Å²) >= 11 is 0. The number of aliphatic hydroxyl groups is 1. The molecular weight excluding hydrogens is 238 g/mol. The Balaban J connectivity index is 2.25. The highest BCUT2D eigenvalue weighted by Gasteiger charge is 2.30. The van der Waals surface area contributed by atoms with E-state index in [2.05, 4.69) is 5.32 Å². The van der Waals surface area contributed by atoms with Crippen LogP contribution in [0.1, 0.15) is 32.6 Å². The number of hydrogen-bond acceptors (Lipinski definition) is 4. The van der Waals surface area contributed by atoms with Gasteiger partial charge in [0.25, 0.3) is 0 Å². The second-order valence-corrected chi connectivity index (χ2v) is 5.02. The fourth-order valence-electron chi connectivity index (χ4n) is 1.95. The van der Waals surface area contributed by atoms with Crippen LogP contribution in [0.25, 0.3) is 0 Å². The Morgan fingerprint density at radius 2 is 1.94 bits per heavy atom. The molecule has 6 heteroatoms. The summed E-state index contributed by atoms with van der Waals surface area (Å²) in [7, 11) is 0. The van der Waals surface area contributed by atoms with Crippen molar-refractivity contribution in [3.05, 3.63) is 0 Å². The molecule has 1 unspecified atom stereocenters. The molecule has 1 fully saturated rings. The van der Waals surface area contributed by atoms with Gasteiger partial charge in [-0.1, -0.05) is 6.92 Å². The van der Waals surface area contributed by atoms with E-state index < -0.39 is 11.6 Å². The van der Waals surface area contributed by atoms with E-state index in [0.29, 0.717) is 26.1 Å². The molecule has 1 atom stereocenters. The molecule has 0 radical (unpaired) electrons. The van der Waals surface area contributed by atoms with Crippen molar-refractivity contribution in [3.8, 4) is 0 Å². The van der Waals surface area contributed by atoms with Gasteiger partial charge >= 0.3 is 5.97 Å². The third kappa shape index (κ3) is 5.46. The Kier molecular flexibility index (Phi) is 5.55. The molecule has 0 saturated carbocycles. The number of carbonyl (C=O) groups is 2. The maximum Gasteiger partial charge on any atom is 0.303 e. The number of aliphatic carboxylic acids is 1. The summed E-state index contributed by atoms with van der Waals surface area (Å²) in [5.41, 5.74) is -0.885. The Morgan fingerprint density at radius 3 is 2.50 bits per heavy atom. The molecule has 0 aromatic carbocycles. The first-order valence-electron chi connectivity index (χ1n) is 6.20. The van der Waals surface area contributed by atoms with Crippen molar-refractivity contribution in [2.75, 3.05) is 19.8 Å². The van der Waals surface area contributed by atoms with Crippen molar-refractivity contribution in [1.82, 2.24) is 5.32 Å². The molecule has 1 saturated heterocycles. The molecule has 104 valence electrons. The van der Waals surface area contributed by atoms with Crippen LogP contribution in [0.4, 0.5) is 0 Å². The average molecular weight is 259 g/mol. The van der Waals surface area contributed by atoms with E-state index in [9.17, 15) is 14.7 Å². The zero-order chi connectivity index (χ0) is 13.6. The van der Waals surface area contributed by atoms with E-state index in [1.54, 1.807) is 6.92 Å². The summed E-state index contributed by atoms with van der Waals surface area (Å²) in [6.07, 6.45) is 1.17. The van der Waals surface area contributed by atoms with Gasteiger partial charge < -0.3 is 20.3 Å². The summed E-state index contributed by atoms with van der Waals surface area (Å²) in [4.78, 5) is 22.0. The monoisotopic (exact) mass is 259 g/mol. The van der Waals surface area contributed by atoms with Gasteiger partial charge in [-0.15, -0.1) is 0 Å². The standard InChI is InChI=1S/C12H21NO5/c1-9(7-11(15)16)6-10(14)13-8-12(17)2-4-18-5-3-12/h9,17H,2-8H2,1H3,(H,13,14)(H,15,16). The molecule has 0 spiro atoms. The number of amides is 1. The predicted octanol–water partition coefficient (Wildman–Crippen LogP) is 0.145. The molecule has 1 amide bonds. The van der Waals surface area contributed by atoms with Crippen LogP contribution in [0.2, 0.25) is 0 Å². The summed E-state index contributed by atoms with van der Waals surface area (Å²) in [6, 6.07) is 0. The van der Waals surface area contributed by atoms with E-state index in [1.165, 1.54) is 0 Å². The second kappa shape index (κ2) is 6.70. The van der Waals surface area contributed by atoms with Crippen molar-refractivity contribution in [1.29, 1.82) is 0 Å². The third-order valence-corrected chi connectivity index (χ3v) is 3.10. The average Bonchev–Trinajstić information content (AvgIpc) is 2.26. The highest BCUT2D eigenvalue weighted by molar-refractivity contribution is 5.77. The summed E-state index contributed by atoms with van der Waals surface area (Å²) in [6.45, 7) is 2.93. The lowest BCUT2D eigenvalue weighted by Gasteiger charge is -2.32. The molecule has 0 aliphatic carbocycles. The fourth-order valence-corrected chi connectivity index (χ4v) is 1.95. The lowest BCUT2D eigenvalue weighted by atomic mass is 9.94. The minimum Gasteiger partial charge on any atom is -0.481 e. The van der Waals surface area contributed by atoms with Crippen LogP contribution >= 0.6 is 0 Å². The van der Waals surface area contributed by atoms with Gasteiger partial charge in [0.1, 0.15) is 0 Å². The van der Waals surface area contributed by atoms with Crippen molar-refractivity contribution in [2.24, 2.45) is 5.92 Å². The first kappa shape index (κ1) is 14.9. The van der Waals surface area contributed by atoms with Crippen molar-refractivity contribution in [3.63, 3.8) is 0 Å². The van der Waals surface area contributed by atoms with Crippen molar-refractivity contribution < 1.29 is 24.5 Å². The minimum absolute atomic E-state index is 0.0223. The molecule has 0 aromatic heterocycles. The Bertz CT molecular complexity index is 299. The number of hydrogen-bond donors (Lipinski definition) is 3. The Hall–Kier alpha value is -1.14. The number of carboxylic acid groups (broad SMARTS) is 1. The maximum atomic E-state index is 11.6. The zero-order valence-electron chi connectivity index (χ0n) is 10.6. The van der Waals surface area contributed by atoms with Crippen LogP contribution in [0.5, 0.6) is 0 Å². The number of carboxylic acids is 1. The number of rotatable bonds is 6. The largest absolute Gasteiger partial charge is 0.481 e. The second-order valence-electron chi connectivity index (χ2n) is 5.02. The first-order chi connectivity index (χ1) is 8.41. The van der Waals surface area contributed by atoms with Crippen LogP contribution in [0.15, 0.2) is 0 Å². The number of ether oxygens (including phenoxy) is 1. The van der Waals surface area contributed by atoms with Gasteiger partial charge in [0.15, 0.2) is 0 Å². The van der Waals surface area contributed by atoms with Crippen molar-refractivity contribution in [2.45, 2.75) is 38.2 Å². The SMILES string of the molecule is CC(CC(=O)O)CC(=O)NCC1(O)CCOCC1. The van der Waals surface area contributed by atoms with Gasteiger partial charge in [-0.25, -0.2) is 0 Å². The van der Waals surface area contributed by atoms with Crippen LogP contribution in [-0.2, 0) is 14.3 Å². The molecule has 1 rings (SSSR count). The van der Waals surface area contributed by atoms with Gasteiger partial charge in [0.2, 0.25) is 5.91 Å². The molecule has 1 aliphatic heterocycles.